The average Bonchev–Trinajstić information content (AvgIpc) is 2.43. The summed E-state index contributed by atoms with van der Waals surface area (Å²) < 4.78 is 17.7. The average molecular weight is 282 g/mol. The standard InChI is InChI=1S/C12H9ClFN3O2/c1-19-12(18)8-5-15-6-16-11(8)17-7-2-3-10(14)9(13)4-7/h2-6H,1H3,(H,15,16,17). The predicted molar refractivity (Wildman–Crippen MR) is 68.1 cm³/mol. The molecule has 0 aliphatic rings. The number of aromatic nitrogens is 2. The van der Waals surface area contributed by atoms with E-state index >= 15 is 0 Å². The highest BCUT2D eigenvalue weighted by Crippen LogP contribution is 2.23. The van der Waals surface area contributed by atoms with Crippen molar-refractivity contribution >= 4 is 29.1 Å². The fraction of sp³-hybridized carbons (Fsp3) is 0.0833. The molecule has 0 saturated carbocycles. The second-order valence-electron chi connectivity index (χ2n) is 3.53. The van der Waals surface area contributed by atoms with Gasteiger partial charge in [0, 0.05) is 11.9 Å². The van der Waals surface area contributed by atoms with E-state index in [0.717, 1.165) is 0 Å². The first-order chi connectivity index (χ1) is 9.11. The minimum atomic E-state index is -0.573. The first kappa shape index (κ1) is 13.2. The molecule has 0 atom stereocenters. The number of nitrogens with zero attached hydrogens (tertiary/aromatic N) is 2. The Kier molecular flexibility index (Phi) is 3.91. The van der Waals surface area contributed by atoms with Crippen molar-refractivity contribution in [3.05, 3.63) is 47.1 Å². The topological polar surface area (TPSA) is 64.1 Å². The molecular weight excluding hydrogens is 273 g/mol. The summed E-state index contributed by atoms with van der Waals surface area (Å²) in [4.78, 5) is 19.2. The van der Waals surface area contributed by atoms with Gasteiger partial charge in [-0.15, -0.1) is 0 Å². The Balaban J connectivity index is 2.32. The van der Waals surface area contributed by atoms with Crippen molar-refractivity contribution in [1.82, 2.24) is 9.97 Å². The molecular formula is C12H9ClFN3O2. The Morgan fingerprint density at radius 2 is 2.26 bits per heavy atom. The molecule has 0 radical (unpaired) electrons. The lowest BCUT2D eigenvalue weighted by atomic mass is 10.2. The molecule has 2 rings (SSSR count). The molecule has 1 aromatic heterocycles. The van der Waals surface area contributed by atoms with E-state index in [0.29, 0.717) is 5.69 Å². The zero-order valence-corrected chi connectivity index (χ0v) is 10.6. The first-order valence-electron chi connectivity index (χ1n) is 5.22. The van der Waals surface area contributed by atoms with E-state index in [4.69, 9.17) is 11.6 Å². The second kappa shape index (κ2) is 5.62. The summed E-state index contributed by atoms with van der Waals surface area (Å²) in [6.45, 7) is 0. The van der Waals surface area contributed by atoms with Gasteiger partial charge in [0.15, 0.2) is 0 Å². The molecule has 0 spiro atoms. The summed E-state index contributed by atoms with van der Waals surface area (Å²) in [5.41, 5.74) is 0.667. The van der Waals surface area contributed by atoms with E-state index in [2.05, 4.69) is 20.0 Å². The van der Waals surface area contributed by atoms with Crippen molar-refractivity contribution in [1.29, 1.82) is 0 Å². The van der Waals surface area contributed by atoms with Crippen LogP contribution in [0.15, 0.2) is 30.7 Å². The SMILES string of the molecule is COC(=O)c1cncnc1Nc1ccc(F)c(Cl)c1. The molecule has 1 aromatic carbocycles. The third-order valence-corrected chi connectivity index (χ3v) is 2.59. The van der Waals surface area contributed by atoms with E-state index in [9.17, 15) is 9.18 Å². The largest absolute Gasteiger partial charge is 0.465 e. The summed E-state index contributed by atoms with van der Waals surface area (Å²) in [5.74, 6) is -0.844. The lowest BCUT2D eigenvalue weighted by molar-refractivity contribution is 0.0601. The molecule has 0 aliphatic carbocycles. The lowest BCUT2D eigenvalue weighted by Gasteiger charge is -2.09. The van der Waals surface area contributed by atoms with Gasteiger partial charge in [-0.25, -0.2) is 19.2 Å². The molecule has 5 nitrogen and oxygen atoms in total. The van der Waals surface area contributed by atoms with Crippen LogP contribution in [0.1, 0.15) is 10.4 Å². The second-order valence-corrected chi connectivity index (χ2v) is 3.94. The highest BCUT2D eigenvalue weighted by molar-refractivity contribution is 6.31. The number of carbonyl (C=O) groups is 1. The van der Waals surface area contributed by atoms with E-state index in [1.165, 1.54) is 37.8 Å². The minimum absolute atomic E-state index is 0.0290. The third-order valence-electron chi connectivity index (χ3n) is 2.30. The monoisotopic (exact) mass is 281 g/mol. The number of halogens is 2. The van der Waals surface area contributed by atoms with Crippen molar-refractivity contribution in [2.24, 2.45) is 0 Å². The smallest absolute Gasteiger partial charge is 0.343 e. The molecule has 0 fully saturated rings. The first-order valence-corrected chi connectivity index (χ1v) is 5.60. The molecule has 98 valence electrons. The molecule has 0 aliphatic heterocycles. The van der Waals surface area contributed by atoms with E-state index in [1.807, 2.05) is 0 Å². The molecule has 7 heteroatoms. The number of rotatable bonds is 3. The van der Waals surface area contributed by atoms with E-state index < -0.39 is 11.8 Å². The van der Waals surface area contributed by atoms with Gasteiger partial charge in [0.2, 0.25) is 0 Å². The van der Waals surface area contributed by atoms with Crippen LogP contribution in [0.2, 0.25) is 5.02 Å². The highest BCUT2D eigenvalue weighted by Gasteiger charge is 2.13. The summed E-state index contributed by atoms with van der Waals surface area (Å²) in [5, 5.41) is 2.82. The van der Waals surface area contributed by atoms with Gasteiger partial charge in [-0.1, -0.05) is 11.6 Å². The summed E-state index contributed by atoms with van der Waals surface area (Å²) >= 11 is 5.67. The number of methoxy groups -OCH3 is 1. The van der Waals surface area contributed by atoms with Crippen molar-refractivity contribution in [3.8, 4) is 0 Å². The minimum Gasteiger partial charge on any atom is -0.465 e. The van der Waals surface area contributed by atoms with Crippen molar-refractivity contribution in [2.45, 2.75) is 0 Å². The molecule has 1 heterocycles. The summed E-state index contributed by atoms with van der Waals surface area (Å²) in [6, 6.07) is 4.08. The normalized spacial score (nSPS) is 10.1. The molecule has 2 aromatic rings. The number of benzene rings is 1. The van der Waals surface area contributed by atoms with Gasteiger partial charge in [0.25, 0.3) is 0 Å². The maximum Gasteiger partial charge on any atom is 0.343 e. The Hall–Kier alpha value is -2.21. The number of ether oxygens (including phenoxy) is 1. The van der Waals surface area contributed by atoms with Gasteiger partial charge in [0.1, 0.15) is 23.5 Å². The van der Waals surface area contributed by atoms with Crippen molar-refractivity contribution in [3.63, 3.8) is 0 Å². The zero-order valence-electron chi connectivity index (χ0n) is 9.85. The van der Waals surface area contributed by atoms with Crippen LogP contribution in [0.25, 0.3) is 0 Å². The van der Waals surface area contributed by atoms with Crippen LogP contribution in [-0.4, -0.2) is 23.0 Å². The molecule has 19 heavy (non-hydrogen) atoms. The Morgan fingerprint density at radius 1 is 1.47 bits per heavy atom. The summed E-state index contributed by atoms with van der Waals surface area (Å²) in [7, 11) is 1.26. The number of esters is 1. The highest BCUT2D eigenvalue weighted by atomic mass is 35.5. The molecule has 1 N–H and O–H groups in total. The number of hydrogen-bond acceptors (Lipinski definition) is 5. The van der Waals surface area contributed by atoms with E-state index in [1.54, 1.807) is 0 Å². The van der Waals surface area contributed by atoms with Crippen LogP contribution in [-0.2, 0) is 4.74 Å². The Bertz CT molecular complexity index is 622. The fourth-order valence-corrected chi connectivity index (χ4v) is 1.58. The number of hydrogen-bond donors (Lipinski definition) is 1. The van der Waals surface area contributed by atoms with Crippen LogP contribution >= 0.6 is 11.6 Å². The van der Waals surface area contributed by atoms with Crippen molar-refractivity contribution in [2.75, 3.05) is 12.4 Å². The Morgan fingerprint density at radius 3 is 2.95 bits per heavy atom. The van der Waals surface area contributed by atoms with Crippen LogP contribution in [0.4, 0.5) is 15.9 Å². The van der Waals surface area contributed by atoms with Gasteiger partial charge in [0.05, 0.1) is 12.1 Å². The molecule has 0 amide bonds. The number of carbonyl (C=O) groups excluding carboxylic acids is 1. The van der Waals surface area contributed by atoms with Crippen molar-refractivity contribution < 1.29 is 13.9 Å². The zero-order chi connectivity index (χ0) is 13.8. The van der Waals surface area contributed by atoms with Crippen LogP contribution in [0, 0.1) is 5.82 Å². The van der Waals surface area contributed by atoms with E-state index in [-0.39, 0.29) is 16.4 Å². The van der Waals surface area contributed by atoms with Crippen LogP contribution < -0.4 is 5.32 Å². The van der Waals surface area contributed by atoms with Gasteiger partial charge in [-0.3, -0.25) is 0 Å². The number of nitrogens with one attached hydrogen (secondary N) is 1. The lowest BCUT2D eigenvalue weighted by Crippen LogP contribution is -2.08. The molecule has 0 bridgehead atoms. The van der Waals surface area contributed by atoms with Crippen LogP contribution in [0.3, 0.4) is 0 Å². The predicted octanol–water partition coefficient (Wildman–Crippen LogP) is 2.80. The van der Waals surface area contributed by atoms with Gasteiger partial charge in [-0.2, -0.15) is 0 Å². The maximum absolute atomic E-state index is 13.0. The quantitative estimate of drug-likeness (QED) is 0.877. The maximum atomic E-state index is 13.0. The van der Waals surface area contributed by atoms with Gasteiger partial charge in [-0.05, 0) is 18.2 Å². The Labute approximate surface area is 113 Å². The van der Waals surface area contributed by atoms with Gasteiger partial charge < -0.3 is 10.1 Å². The van der Waals surface area contributed by atoms with Crippen LogP contribution in [0.5, 0.6) is 0 Å². The third kappa shape index (κ3) is 2.97. The van der Waals surface area contributed by atoms with Gasteiger partial charge >= 0.3 is 5.97 Å². The fourth-order valence-electron chi connectivity index (χ4n) is 1.40. The summed E-state index contributed by atoms with van der Waals surface area (Å²) in [6.07, 6.45) is 2.60. The molecule has 0 unspecified atom stereocenters. The molecule has 0 saturated heterocycles. The number of anilines is 2.